The predicted octanol–water partition coefficient (Wildman–Crippen LogP) is 3.87. The Morgan fingerprint density at radius 3 is 2.41 bits per heavy atom. The van der Waals surface area contributed by atoms with Crippen LogP contribution < -0.4 is 5.32 Å². The summed E-state index contributed by atoms with van der Waals surface area (Å²) in [5, 5.41) is 7.34. The number of nitrogens with one attached hydrogen (secondary N) is 1. The van der Waals surface area contributed by atoms with Crippen LogP contribution in [0.2, 0.25) is 0 Å². The fourth-order valence-corrected chi connectivity index (χ4v) is 2.28. The maximum atomic E-state index is 11.9. The van der Waals surface area contributed by atoms with Crippen LogP contribution in [0.15, 0.2) is 48.6 Å². The van der Waals surface area contributed by atoms with Gasteiger partial charge in [0.2, 0.25) is 5.91 Å². The molecule has 0 bridgehead atoms. The lowest BCUT2D eigenvalue weighted by atomic mass is 10.1. The average Bonchev–Trinajstić information content (AvgIpc) is 2.78. The van der Waals surface area contributed by atoms with Crippen LogP contribution in [0.3, 0.4) is 0 Å². The number of anilines is 1. The summed E-state index contributed by atoms with van der Waals surface area (Å²) in [6.07, 6.45) is 6.88. The van der Waals surface area contributed by atoms with Crippen LogP contribution in [0.1, 0.15) is 23.7 Å². The molecule has 4 heteroatoms. The topological polar surface area (TPSA) is 46.9 Å². The molecule has 0 spiro atoms. The van der Waals surface area contributed by atoms with Gasteiger partial charge in [0.05, 0.1) is 11.4 Å². The normalized spacial score (nSPS) is 11.5. The van der Waals surface area contributed by atoms with Crippen LogP contribution in [0, 0.1) is 20.8 Å². The first-order valence-corrected chi connectivity index (χ1v) is 7.25. The molecule has 0 fully saturated rings. The lowest BCUT2D eigenvalue weighted by Crippen LogP contribution is -2.12. The van der Waals surface area contributed by atoms with Crippen molar-refractivity contribution in [3.8, 4) is 5.69 Å². The molecule has 0 aliphatic carbocycles. The van der Waals surface area contributed by atoms with Crippen molar-refractivity contribution in [2.75, 3.05) is 5.32 Å². The standard InChI is InChI=1S/C18H21N3O/c1-5-6-7-8-18(22)19-17-12-15(4)20-21(17)16-10-13(2)9-14(3)11-16/h5-12H,1-4H3,(H,19,22)/b6-5+,8-7+. The number of amides is 1. The molecule has 0 saturated carbocycles. The fourth-order valence-electron chi connectivity index (χ4n) is 2.28. The van der Waals surface area contributed by atoms with E-state index in [1.165, 1.54) is 6.08 Å². The van der Waals surface area contributed by atoms with E-state index < -0.39 is 0 Å². The van der Waals surface area contributed by atoms with E-state index in [2.05, 4.69) is 16.5 Å². The first-order valence-electron chi connectivity index (χ1n) is 7.25. The number of hydrogen-bond donors (Lipinski definition) is 1. The molecule has 1 aromatic heterocycles. The van der Waals surface area contributed by atoms with E-state index in [-0.39, 0.29) is 5.91 Å². The van der Waals surface area contributed by atoms with E-state index in [0.29, 0.717) is 5.82 Å². The first-order chi connectivity index (χ1) is 10.5. The summed E-state index contributed by atoms with van der Waals surface area (Å²) in [6.45, 7) is 7.90. The van der Waals surface area contributed by atoms with E-state index in [4.69, 9.17) is 0 Å². The number of carbonyl (C=O) groups excluding carboxylic acids is 1. The van der Waals surface area contributed by atoms with Crippen LogP contribution in [0.5, 0.6) is 0 Å². The molecule has 22 heavy (non-hydrogen) atoms. The molecule has 0 radical (unpaired) electrons. The third-order valence-electron chi connectivity index (χ3n) is 3.08. The second-order valence-electron chi connectivity index (χ2n) is 5.30. The van der Waals surface area contributed by atoms with Gasteiger partial charge in [-0.15, -0.1) is 0 Å². The minimum absolute atomic E-state index is 0.177. The monoisotopic (exact) mass is 295 g/mol. The largest absolute Gasteiger partial charge is 0.307 e. The third-order valence-corrected chi connectivity index (χ3v) is 3.08. The number of allylic oxidation sites excluding steroid dienone is 3. The molecule has 0 aliphatic heterocycles. The van der Waals surface area contributed by atoms with Gasteiger partial charge in [-0.1, -0.05) is 24.3 Å². The molecule has 0 unspecified atom stereocenters. The summed E-state index contributed by atoms with van der Waals surface area (Å²) < 4.78 is 1.76. The quantitative estimate of drug-likeness (QED) is 0.687. The summed E-state index contributed by atoms with van der Waals surface area (Å²) in [6, 6.07) is 8.06. The Morgan fingerprint density at radius 2 is 1.77 bits per heavy atom. The van der Waals surface area contributed by atoms with Crippen molar-refractivity contribution in [1.82, 2.24) is 9.78 Å². The summed E-state index contributed by atoms with van der Waals surface area (Å²) in [5.74, 6) is 0.487. The van der Waals surface area contributed by atoms with Crippen molar-refractivity contribution in [2.24, 2.45) is 0 Å². The summed E-state index contributed by atoms with van der Waals surface area (Å²) in [7, 11) is 0. The Balaban J connectivity index is 2.32. The van der Waals surface area contributed by atoms with E-state index in [1.54, 1.807) is 10.8 Å². The fraction of sp³-hybridized carbons (Fsp3) is 0.222. The number of aryl methyl sites for hydroxylation is 3. The maximum absolute atomic E-state index is 11.9. The van der Waals surface area contributed by atoms with E-state index in [1.807, 2.05) is 58.0 Å². The second-order valence-corrected chi connectivity index (χ2v) is 5.30. The Hall–Kier alpha value is -2.62. The minimum atomic E-state index is -0.177. The van der Waals surface area contributed by atoms with Gasteiger partial charge in [0.1, 0.15) is 5.82 Å². The first kappa shape index (κ1) is 15.8. The number of rotatable bonds is 4. The van der Waals surface area contributed by atoms with Gasteiger partial charge in [-0.05, 0) is 51.0 Å². The molecule has 1 N–H and O–H groups in total. The number of nitrogens with zero attached hydrogens (tertiary/aromatic N) is 2. The van der Waals surface area contributed by atoms with Gasteiger partial charge < -0.3 is 5.32 Å². The van der Waals surface area contributed by atoms with E-state index in [9.17, 15) is 4.79 Å². The smallest absolute Gasteiger partial charge is 0.249 e. The summed E-state index contributed by atoms with van der Waals surface area (Å²) in [4.78, 5) is 11.9. The van der Waals surface area contributed by atoms with Gasteiger partial charge >= 0.3 is 0 Å². The van der Waals surface area contributed by atoms with Gasteiger partial charge in [0, 0.05) is 12.1 Å². The molecular weight excluding hydrogens is 274 g/mol. The Kier molecular flexibility index (Phi) is 4.94. The molecule has 1 amide bonds. The van der Waals surface area contributed by atoms with E-state index >= 15 is 0 Å². The minimum Gasteiger partial charge on any atom is -0.307 e. The Labute approximate surface area is 131 Å². The second kappa shape index (κ2) is 6.89. The SMILES string of the molecule is C/C=C/C=C/C(=O)Nc1cc(C)nn1-c1cc(C)cc(C)c1. The van der Waals surface area contributed by atoms with Crippen molar-refractivity contribution in [2.45, 2.75) is 27.7 Å². The lowest BCUT2D eigenvalue weighted by molar-refractivity contribution is -0.111. The average molecular weight is 295 g/mol. The molecular formula is C18H21N3O. The Bertz CT molecular complexity index is 719. The molecule has 114 valence electrons. The zero-order chi connectivity index (χ0) is 16.1. The van der Waals surface area contributed by atoms with Crippen molar-refractivity contribution < 1.29 is 4.79 Å². The predicted molar refractivity (Wildman–Crippen MR) is 90.4 cm³/mol. The van der Waals surface area contributed by atoms with Crippen LogP contribution in [-0.2, 0) is 4.79 Å². The Morgan fingerprint density at radius 1 is 1.09 bits per heavy atom. The summed E-state index contributed by atoms with van der Waals surface area (Å²) in [5.41, 5.74) is 4.12. The molecule has 0 aliphatic rings. The van der Waals surface area contributed by atoms with Crippen LogP contribution in [-0.4, -0.2) is 15.7 Å². The van der Waals surface area contributed by atoms with Crippen molar-refractivity contribution in [3.63, 3.8) is 0 Å². The van der Waals surface area contributed by atoms with Gasteiger partial charge in [-0.3, -0.25) is 4.79 Å². The number of hydrogen-bond acceptors (Lipinski definition) is 2. The van der Waals surface area contributed by atoms with Gasteiger partial charge in [-0.25, -0.2) is 4.68 Å². The molecule has 2 aromatic rings. The molecule has 2 rings (SSSR count). The maximum Gasteiger partial charge on any atom is 0.249 e. The van der Waals surface area contributed by atoms with Crippen molar-refractivity contribution >= 4 is 11.7 Å². The highest BCUT2D eigenvalue weighted by Gasteiger charge is 2.10. The highest BCUT2D eigenvalue weighted by atomic mass is 16.1. The highest BCUT2D eigenvalue weighted by molar-refractivity contribution is 5.99. The van der Waals surface area contributed by atoms with Crippen LogP contribution >= 0.6 is 0 Å². The van der Waals surface area contributed by atoms with E-state index in [0.717, 1.165) is 22.5 Å². The van der Waals surface area contributed by atoms with Gasteiger partial charge in [-0.2, -0.15) is 5.10 Å². The molecule has 0 atom stereocenters. The van der Waals surface area contributed by atoms with Crippen molar-refractivity contribution in [3.05, 3.63) is 65.4 Å². The lowest BCUT2D eigenvalue weighted by Gasteiger charge is -2.09. The number of carbonyl (C=O) groups is 1. The molecule has 0 saturated heterocycles. The number of aromatic nitrogens is 2. The van der Waals surface area contributed by atoms with Crippen LogP contribution in [0.4, 0.5) is 5.82 Å². The number of benzene rings is 1. The zero-order valence-electron chi connectivity index (χ0n) is 13.4. The van der Waals surface area contributed by atoms with Crippen molar-refractivity contribution in [1.29, 1.82) is 0 Å². The highest BCUT2D eigenvalue weighted by Crippen LogP contribution is 2.19. The van der Waals surface area contributed by atoms with Crippen LogP contribution in [0.25, 0.3) is 5.69 Å². The molecule has 4 nitrogen and oxygen atoms in total. The van der Waals surface area contributed by atoms with Gasteiger partial charge in [0.15, 0.2) is 0 Å². The third kappa shape index (κ3) is 3.95. The zero-order valence-corrected chi connectivity index (χ0v) is 13.4. The van der Waals surface area contributed by atoms with Gasteiger partial charge in [0.25, 0.3) is 0 Å². The summed E-state index contributed by atoms with van der Waals surface area (Å²) >= 11 is 0. The molecule has 1 heterocycles. The molecule has 1 aromatic carbocycles.